The van der Waals surface area contributed by atoms with Crippen LogP contribution in [0.15, 0.2) is 128 Å². The average molecular weight is 645 g/mol. The normalized spacial score (nSPS) is 10.6. The number of hydrogen-bond acceptors (Lipinski definition) is 7. The highest BCUT2D eigenvalue weighted by atomic mass is 16.5. The van der Waals surface area contributed by atoms with Gasteiger partial charge in [0, 0.05) is 13.1 Å². The van der Waals surface area contributed by atoms with Crippen molar-refractivity contribution in [2.24, 2.45) is 0 Å². The highest BCUT2D eigenvalue weighted by Gasteiger charge is 2.08. The summed E-state index contributed by atoms with van der Waals surface area (Å²) in [6.45, 7) is 2.16. The number of rotatable bonds is 12. The Morgan fingerprint density at radius 3 is 1.73 bits per heavy atom. The summed E-state index contributed by atoms with van der Waals surface area (Å²) in [7, 11) is 1.36. The zero-order valence-electron chi connectivity index (χ0n) is 26.5. The second-order valence-corrected chi connectivity index (χ2v) is 10.9. The number of ether oxygens (including phenoxy) is 2. The molecule has 6 rings (SSSR count). The highest BCUT2D eigenvalue weighted by Crippen LogP contribution is 2.20. The van der Waals surface area contributed by atoms with Crippen molar-refractivity contribution in [2.75, 3.05) is 7.11 Å². The SMILES string of the molecule is COC(=O)c1ccc(Cn2cncc2CO)cc1.O=C(O)c1ccc(Cn2cncc2COCc2ccc(-c3ccccc3)cc2)cc1. The van der Waals surface area contributed by atoms with Crippen molar-refractivity contribution < 1.29 is 29.3 Å². The van der Waals surface area contributed by atoms with Gasteiger partial charge in [0.05, 0.1) is 74.5 Å². The number of carbonyl (C=O) groups is 2. The number of nitrogens with zero attached hydrogens (tertiary/aromatic N) is 4. The number of benzene rings is 4. The van der Waals surface area contributed by atoms with Crippen LogP contribution in [0.2, 0.25) is 0 Å². The minimum atomic E-state index is -0.921. The molecule has 0 aliphatic rings. The highest BCUT2D eigenvalue weighted by molar-refractivity contribution is 5.89. The van der Waals surface area contributed by atoms with Crippen LogP contribution in [0.3, 0.4) is 0 Å². The van der Waals surface area contributed by atoms with Gasteiger partial charge in [-0.3, -0.25) is 0 Å². The molecule has 244 valence electrons. The number of aromatic carboxylic acids is 1. The lowest BCUT2D eigenvalue weighted by molar-refractivity contribution is 0.0599. The molecule has 0 bridgehead atoms. The second kappa shape index (κ2) is 16.6. The summed E-state index contributed by atoms with van der Waals surface area (Å²) in [4.78, 5) is 30.5. The number of carbonyl (C=O) groups excluding carboxylic acids is 1. The van der Waals surface area contributed by atoms with E-state index in [-0.39, 0.29) is 18.1 Å². The van der Waals surface area contributed by atoms with Crippen molar-refractivity contribution in [3.8, 4) is 11.1 Å². The van der Waals surface area contributed by atoms with Gasteiger partial charge < -0.3 is 28.8 Å². The zero-order chi connectivity index (χ0) is 33.7. The lowest BCUT2D eigenvalue weighted by Crippen LogP contribution is -2.05. The van der Waals surface area contributed by atoms with E-state index in [9.17, 15) is 9.59 Å². The Hall–Kier alpha value is -5.84. The van der Waals surface area contributed by atoms with Gasteiger partial charge in [-0.2, -0.15) is 0 Å². The van der Waals surface area contributed by atoms with Crippen molar-refractivity contribution in [1.29, 1.82) is 0 Å². The molecule has 0 amide bonds. The Labute approximate surface area is 278 Å². The number of methoxy groups -OCH3 is 1. The molecule has 4 aromatic carbocycles. The molecule has 0 saturated carbocycles. The number of hydrogen-bond donors (Lipinski definition) is 2. The number of carboxylic acid groups (broad SMARTS) is 1. The van der Waals surface area contributed by atoms with Gasteiger partial charge in [0.1, 0.15) is 0 Å². The molecule has 2 heterocycles. The minimum absolute atomic E-state index is 0.0414. The molecule has 0 fully saturated rings. The summed E-state index contributed by atoms with van der Waals surface area (Å²) in [5.41, 5.74) is 8.07. The van der Waals surface area contributed by atoms with Crippen LogP contribution in [0.25, 0.3) is 11.1 Å². The van der Waals surface area contributed by atoms with E-state index in [1.165, 1.54) is 18.2 Å². The monoisotopic (exact) mass is 644 g/mol. The Morgan fingerprint density at radius 1 is 0.646 bits per heavy atom. The molecule has 0 unspecified atom stereocenters. The van der Waals surface area contributed by atoms with Crippen molar-refractivity contribution in [2.45, 2.75) is 32.9 Å². The lowest BCUT2D eigenvalue weighted by Gasteiger charge is -2.10. The first-order valence-corrected chi connectivity index (χ1v) is 15.2. The summed E-state index contributed by atoms with van der Waals surface area (Å²) in [6.07, 6.45) is 6.85. The van der Waals surface area contributed by atoms with Crippen LogP contribution in [-0.2, 0) is 42.4 Å². The maximum absolute atomic E-state index is 11.3. The number of aliphatic hydroxyl groups excluding tert-OH is 1. The molecular formula is C38H36N4O6. The number of imidazole rings is 2. The summed E-state index contributed by atoms with van der Waals surface area (Å²) in [5, 5.41) is 18.1. The molecule has 0 atom stereocenters. The quantitative estimate of drug-likeness (QED) is 0.150. The molecule has 10 heteroatoms. The van der Waals surface area contributed by atoms with E-state index >= 15 is 0 Å². The summed E-state index contributed by atoms with van der Waals surface area (Å²) >= 11 is 0. The molecule has 0 radical (unpaired) electrons. The Kier molecular flexibility index (Phi) is 11.6. The first kappa shape index (κ1) is 33.5. The smallest absolute Gasteiger partial charge is 0.337 e. The minimum Gasteiger partial charge on any atom is -0.478 e. The Morgan fingerprint density at radius 2 is 1.17 bits per heavy atom. The number of aromatic nitrogens is 4. The molecule has 0 saturated heterocycles. The van der Waals surface area contributed by atoms with Crippen LogP contribution in [0.4, 0.5) is 0 Å². The third-order valence-corrected chi connectivity index (χ3v) is 7.62. The third kappa shape index (κ3) is 9.12. The summed E-state index contributed by atoms with van der Waals surface area (Å²) in [5.74, 6) is -1.27. The molecule has 10 nitrogen and oxygen atoms in total. The van der Waals surface area contributed by atoms with Gasteiger partial charge in [-0.05, 0) is 52.1 Å². The largest absolute Gasteiger partial charge is 0.478 e. The van der Waals surface area contributed by atoms with Gasteiger partial charge in [-0.15, -0.1) is 0 Å². The van der Waals surface area contributed by atoms with Crippen LogP contribution in [-0.4, -0.2) is 48.4 Å². The van der Waals surface area contributed by atoms with E-state index in [0.717, 1.165) is 28.1 Å². The molecule has 2 N–H and O–H groups in total. The Bertz CT molecular complexity index is 1900. The summed E-state index contributed by atoms with van der Waals surface area (Å²) in [6, 6.07) is 32.7. The summed E-state index contributed by atoms with van der Waals surface area (Å²) < 4.78 is 14.4. The lowest BCUT2D eigenvalue weighted by atomic mass is 10.0. The molecule has 0 aliphatic heterocycles. The van der Waals surface area contributed by atoms with E-state index in [1.54, 1.807) is 49.3 Å². The molecular weight excluding hydrogens is 608 g/mol. The van der Waals surface area contributed by atoms with Gasteiger partial charge in [-0.1, -0.05) is 78.9 Å². The number of aliphatic hydroxyl groups is 1. The maximum atomic E-state index is 11.3. The van der Waals surface area contributed by atoms with Crippen molar-refractivity contribution in [3.05, 3.63) is 167 Å². The maximum Gasteiger partial charge on any atom is 0.337 e. The van der Waals surface area contributed by atoms with Crippen molar-refractivity contribution in [1.82, 2.24) is 19.1 Å². The van der Waals surface area contributed by atoms with Gasteiger partial charge in [0.15, 0.2) is 0 Å². The van der Waals surface area contributed by atoms with Gasteiger partial charge in [0.2, 0.25) is 0 Å². The third-order valence-electron chi connectivity index (χ3n) is 7.62. The molecule has 0 aliphatic carbocycles. The van der Waals surface area contributed by atoms with E-state index < -0.39 is 5.97 Å². The van der Waals surface area contributed by atoms with Crippen LogP contribution < -0.4 is 0 Å². The number of carboxylic acids is 1. The zero-order valence-corrected chi connectivity index (χ0v) is 26.5. The fourth-order valence-electron chi connectivity index (χ4n) is 4.94. The van der Waals surface area contributed by atoms with Crippen LogP contribution in [0.1, 0.15) is 48.8 Å². The first-order chi connectivity index (χ1) is 23.4. The first-order valence-electron chi connectivity index (χ1n) is 15.2. The molecule has 48 heavy (non-hydrogen) atoms. The Balaban J connectivity index is 0.000000214. The van der Waals surface area contributed by atoms with E-state index in [1.807, 2.05) is 51.6 Å². The van der Waals surface area contributed by atoms with Gasteiger partial charge >= 0.3 is 11.9 Å². The standard InChI is InChI=1S/C25H22N2O3.C13H14N2O3/c28-25(29)23-12-6-19(7-13-23)15-27-18-26-14-24(27)17-30-16-20-8-10-22(11-9-20)21-4-2-1-3-5-21;1-18-13(17)11-4-2-10(3-5-11)7-15-9-14-6-12(15)8-16/h1-14,18H,15-17H2,(H,28,29);2-6,9,16H,7-8H2,1H3. The topological polar surface area (TPSA) is 129 Å². The average Bonchev–Trinajstić information content (AvgIpc) is 3.78. The van der Waals surface area contributed by atoms with Gasteiger partial charge in [0.25, 0.3) is 0 Å². The predicted octanol–water partition coefficient (Wildman–Crippen LogP) is 6.22. The second-order valence-electron chi connectivity index (χ2n) is 10.9. The van der Waals surface area contributed by atoms with Crippen molar-refractivity contribution >= 4 is 11.9 Å². The van der Waals surface area contributed by atoms with Crippen LogP contribution >= 0.6 is 0 Å². The van der Waals surface area contributed by atoms with E-state index in [0.29, 0.717) is 31.9 Å². The molecule has 0 spiro atoms. The van der Waals surface area contributed by atoms with E-state index in [4.69, 9.17) is 14.9 Å². The van der Waals surface area contributed by atoms with Crippen LogP contribution in [0.5, 0.6) is 0 Å². The molecule has 6 aromatic rings. The van der Waals surface area contributed by atoms with Gasteiger partial charge in [-0.25, -0.2) is 19.6 Å². The fourth-order valence-corrected chi connectivity index (χ4v) is 4.94. The van der Waals surface area contributed by atoms with Crippen molar-refractivity contribution in [3.63, 3.8) is 0 Å². The number of esters is 1. The van der Waals surface area contributed by atoms with E-state index in [2.05, 4.69) is 51.1 Å². The predicted molar refractivity (Wildman–Crippen MR) is 180 cm³/mol. The fraction of sp³-hybridized carbons (Fsp3) is 0.158. The van der Waals surface area contributed by atoms with Crippen LogP contribution in [0, 0.1) is 0 Å². The molecule has 2 aromatic heterocycles.